The summed E-state index contributed by atoms with van der Waals surface area (Å²) in [5.74, 6) is -7.41. The van der Waals surface area contributed by atoms with Gasteiger partial charge in [-0.1, -0.05) is 13.8 Å². The Balaban J connectivity index is 5.29. The monoisotopic (exact) mass is 433 g/mol. The number of hydrogen-bond donors (Lipinski definition) is 8. The zero-order chi connectivity index (χ0) is 23.6. The molecule has 0 aromatic carbocycles. The molecule has 14 nitrogen and oxygen atoms in total. The number of carboxylic acid groups (broad SMARTS) is 2. The van der Waals surface area contributed by atoms with Crippen LogP contribution >= 0.6 is 0 Å². The number of aliphatic carboxylic acids is 2. The third-order valence-electron chi connectivity index (χ3n) is 3.87. The second-order valence-electron chi connectivity index (χ2n) is 6.74. The first kappa shape index (κ1) is 26.7. The topological polar surface area (TPSA) is 251 Å². The molecule has 10 N–H and O–H groups in total. The highest BCUT2D eigenvalue weighted by Crippen LogP contribution is 2.02. The molecule has 0 rings (SSSR count). The van der Waals surface area contributed by atoms with Gasteiger partial charge in [-0.15, -0.1) is 0 Å². The molecule has 0 aromatic rings. The van der Waals surface area contributed by atoms with Crippen molar-refractivity contribution in [2.45, 2.75) is 50.9 Å². The van der Waals surface area contributed by atoms with Crippen molar-refractivity contribution < 1.29 is 44.1 Å². The number of amides is 4. The molecule has 0 aromatic heterocycles. The predicted molar refractivity (Wildman–Crippen MR) is 99.4 cm³/mol. The first-order valence-corrected chi connectivity index (χ1v) is 8.80. The lowest BCUT2D eigenvalue weighted by Gasteiger charge is -2.24. The van der Waals surface area contributed by atoms with Crippen LogP contribution in [0.4, 0.5) is 0 Å². The third-order valence-corrected chi connectivity index (χ3v) is 3.87. The number of carbonyl (C=O) groups excluding carboxylic acids is 4. The number of hydrogen-bond acceptors (Lipinski definition) is 8. The molecule has 14 heteroatoms. The lowest BCUT2D eigenvalue weighted by Crippen LogP contribution is -2.59. The van der Waals surface area contributed by atoms with E-state index in [-0.39, 0.29) is 5.92 Å². The van der Waals surface area contributed by atoms with Gasteiger partial charge in [0.1, 0.15) is 18.1 Å². The van der Waals surface area contributed by atoms with Crippen LogP contribution < -0.4 is 27.4 Å². The van der Waals surface area contributed by atoms with E-state index in [1.165, 1.54) is 0 Å². The van der Waals surface area contributed by atoms with Gasteiger partial charge in [0.15, 0.2) is 0 Å². The maximum atomic E-state index is 12.4. The minimum Gasteiger partial charge on any atom is -0.481 e. The van der Waals surface area contributed by atoms with Crippen LogP contribution in [0.5, 0.6) is 0 Å². The number of carboxylic acids is 2. The fraction of sp³-hybridized carbons (Fsp3) is 0.625. The second-order valence-corrected chi connectivity index (χ2v) is 6.74. The quantitative estimate of drug-likeness (QED) is 0.139. The molecule has 4 unspecified atom stereocenters. The average Bonchev–Trinajstić information content (AvgIpc) is 2.62. The van der Waals surface area contributed by atoms with E-state index in [1.807, 2.05) is 10.6 Å². The van der Waals surface area contributed by atoms with E-state index in [2.05, 4.69) is 5.32 Å². The summed E-state index contributed by atoms with van der Waals surface area (Å²) in [7, 11) is 0. The number of primary amides is 1. The fourth-order valence-electron chi connectivity index (χ4n) is 2.09. The number of nitrogens with one attached hydrogen (secondary N) is 3. The number of aliphatic hydroxyl groups is 1. The van der Waals surface area contributed by atoms with Crippen molar-refractivity contribution in [3.8, 4) is 0 Å². The molecular formula is C16H27N5O9. The average molecular weight is 433 g/mol. The van der Waals surface area contributed by atoms with Gasteiger partial charge in [0.25, 0.3) is 0 Å². The summed E-state index contributed by atoms with van der Waals surface area (Å²) in [5.41, 5.74) is 10.7. The molecule has 4 atom stereocenters. The summed E-state index contributed by atoms with van der Waals surface area (Å²) in [4.78, 5) is 69.5. The van der Waals surface area contributed by atoms with Crippen molar-refractivity contribution in [2.75, 3.05) is 6.61 Å². The summed E-state index contributed by atoms with van der Waals surface area (Å²) < 4.78 is 0. The molecule has 0 aliphatic heterocycles. The lowest BCUT2D eigenvalue weighted by molar-refractivity contribution is -0.147. The van der Waals surface area contributed by atoms with Gasteiger partial charge in [-0.25, -0.2) is 4.79 Å². The van der Waals surface area contributed by atoms with E-state index < -0.39 is 79.2 Å². The molecule has 0 saturated carbocycles. The Morgan fingerprint density at radius 1 is 0.800 bits per heavy atom. The molecule has 0 fully saturated rings. The van der Waals surface area contributed by atoms with Gasteiger partial charge < -0.3 is 42.7 Å². The van der Waals surface area contributed by atoms with Gasteiger partial charge in [-0.05, 0) is 5.92 Å². The third kappa shape index (κ3) is 9.29. The Morgan fingerprint density at radius 2 is 1.27 bits per heavy atom. The van der Waals surface area contributed by atoms with Gasteiger partial charge in [0.05, 0.1) is 25.5 Å². The van der Waals surface area contributed by atoms with Crippen LogP contribution in [0.25, 0.3) is 0 Å². The molecule has 170 valence electrons. The summed E-state index contributed by atoms with van der Waals surface area (Å²) >= 11 is 0. The van der Waals surface area contributed by atoms with Crippen LogP contribution in [0, 0.1) is 5.92 Å². The van der Waals surface area contributed by atoms with E-state index in [9.17, 15) is 33.9 Å². The Hall–Kier alpha value is -3.26. The van der Waals surface area contributed by atoms with Crippen LogP contribution in [0.2, 0.25) is 0 Å². The molecule has 0 bridgehead atoms. The maximum Gasteiger partial charge on any atom is 0.326 e. The minimum atomic E-state index is -1.81. The zero-order valence-electron chi connectivity index (χ0n) is 16.5. The molecule has 0 aliphatic rings. The van der Waals surface area contributed by atoms with E-state index in [0.29, 0.717) is 0 Å². The van der Waals surface area contributed by atoms with Gasteiger partial charge in [0, 0.05) is 0 Å². The van der Waals surface area contributed by atoms with Gasteiger partial charge >= 0.3 is 11.9 Å². The SMILES string of the molecule is CC(C)C(N)C(=O)NC(CC(N)=O)C(=O)NC(CO)C(=O)NC(CC(=O)O)C(=O)O. The lowest BCUT2D eigenvalue weighted by atomic mass is 10.0. The summed E-state index contributed by atoms with van der Waals surface area (Å²) in [6, 6.07) is -6.03. The summed E-state index contributed by atoms with van der Waals surface area (Å²) in [6.45, 7) is 2.31. The largest absolute Gasteiger partial charge is 0.481 e. The number of rotatable bonds is 13. The highest BCUT2D eigenvalue weighted by molar-refractivity contribution is 5.96. The molecule has 4 amide bonds. The predicted octanol–water partition coefficient (Wildman–Crippen LogP) is -4.15. The van der Waals surface area contributed by atoms with E-state index in [1.54, 1.807) is 13.8 Å². The molecule has 0 heterocycles. The molecule has 0 aliphatic carbocycles. The number of nitrogens with two attached hydrogens (primary N) is 2. The minimum absolute atomic E-state index is 0.291. The fourth-order valence-corrected chi connectivity index (χ4v) is 2.09. The van der Waals surface area contributed by atoms with Crippen molar-refractivity contribution in [1.29, 1.82) is 0 Å². The van der Waals surface area contributed by atoms with E-state index in [4.69, 9.17) is 21.7 Å². The van der Waals surface area contributed by atoms with E-state index >= 15 is 0 Å². The van der Waals surface area contributed by atoms with Crippen LogP contribution in [0.3, 0.4) is 0 Å². The van der Waals surface area contributed by atoms with Crippen molar-refractivity contribution >= 4 is 35.6 Å². The molecule has 30 heavy (non-hydrogen) atoms. The second kappa shape index (κ2) is 12.3. The Kier molecular flexibility index (Phi) is 11.0. The highest BCUT2D eigenvalue weighted by Gasteiger charge is 2.31. The van der Waals surface area contributed by atoms with Crippen molar-refractivity contribution in [1.82, 2.24) is 16.0 Å². The van der Waals surface area contributed by atoms with Crippen LogP contribution in [0.1, 0.15) is 26.7 Å². The molecular weight excluding hydrogens is 406 g/mol. The van der Waals surface area contributed by atoms with Gasteiger partial charge in [-0.3, -0.25) is 24.0 Å². The molecule has 0 spiro atoms. The Morgan fingerprint density at radius 3 is 1.67 bits per heavy atom. The first-order chi connectivity index (χ1) is 13.8. The first-order valence-electron chi connectivity index (χ1n) is 8.80. The van der Waals surface area contributed by atoms with E-state index in [0.717, 1.165) is 0 Å². The molecule has 0 radical (unpaired) electrons. The molecule has 0 saturated heterocycles. The smallest absolute Gasteiger partial charge is 0.326 e. The van der Waals surface area contributed by atoms with Crippen molar-refractivity contribution in [3.05, 3.63) is 0 Å². The maximum absolute atomic E-state index is 12.4. The van der Waals surface area contributed by atoms with Crippen molar-refractivity contribution in [2.24, 2.45) is 17.4 Å². The number of carbonyl (C=O) groups is 6. The van der Waals surface area contributed by atoms with Gasteiger partial charge in [-0.2, -0.15) is 0 Å². The van der Waals surface area contributed by atoms with Crippen molar-refractivity contribution in [3.63, 3.8) is 0 Å². The van der Waals surface area contributed by atoms with Crippen LogP contribution in [-0.4, -0.2) is 81.7 Å². The zero-order valence-corrected chi connectivity index (χ0v) is 16.5. The Bertz CT molecular complexity index is 682. The van der Waals surface area contributed by atoms with Gasteiger partial charge in [0.2, 0.25) is 23.6 Å². The number of aliphatic hydroxyl groups excluding tert-OH is 1. The normalized spacial score (nSPS) is 14.7. The Labute approximate surface area is 171 Å². The van der Waals surface area contributed by atoms with Crippen LogP contribution in [-0.2, 0) is 28.8 Å². The summed E-state index contributed by atoms with van der Waals surface area (Å²) in [5, 5.41) is 33.1. The summed E-state index contributed by atoms with van der Waals surface area (Å²) in [6.07, 6.45) is -1.58. The standard InChI is InChI=1S/C16H27N5O9/c1-6(2)12(18)15(28)19-7(3-10(17)23)13(26)21-9(5-22)14(27)20-8(16(29)30)4-11(24)25/h6-9,12,22H,3-5,18H2,1-2H3,(H2,17,23)(H,19,28)(H,20,27)(H,21,26)(H,24,25)(H,29,30). The highest BCUT2D eigenvalue weighted by atomic mass is 16.4. The van der Waals surface area contributed by atoms with Crippen LogP contribution in [0.15, 0.2) is 0 Å².